The molecule has 0 spiro atoms. The third kappa shape index (κ3) is 5.12. The Hall–Kier alpha value is -2.04. The van der Waals surface area contributed by atoms with Gasteiger partial charge in [-0.05, 0) is 42.7 Å². The van der Waals surface area contributed by atoms with Crippen LogP contribution in [0.25, 0.3) is 11.0 Å². The van der Waals surface area contributed by atoms with E-state index in [0.29, 0.717) is 34.6 Å². The molecule has 0 fully saturated rings. The standard InChI is InChI=1S/C23H27Cl2N3O/c1-4-5-12-28-21-9-7-6-8-20(21)26-22(28)15-27(14-16(2)3)23(29)18-13-17(24)10-11-19(18)25/h6-11,13,16H,4-5,12,14-15H2,1-3H3. The highest BCUT2D eigenvalue weighted by Gasteiger charge is 2.23. The van der Waals surface area contributed by atoms with Crippen LogP contribution in [0.15, 0.2) is 42.5 Å². The first-order valence-corrected chi connectivity index (χ1v) is 10.8. The van der Waals surface area contributed by atoms with Gasteiger partial charge in [-0.2, -0.15) is 0 Å². The normalized spacial score (nSPS) is 11.4. The van der Waals surface area contributed by atoms with Gasteiger partial charge in [0.05, 0.1) is 28.2 Å². The van der Waals surface area contributed by atoms with Gasteiger partial charge in [-0.25, -0.2) is 4.98 Å². The highest BCUT2D eigenvalue weighted by atomic mass is 35.5. The number of hydrogen-bond donors (Lipinski definition) is 0. The number of nitrogens with zero attached hydrogens (tertiary/aromatic N) is 3. The Morgan fingerprint density at radius 1 is 1.17 bits per heavy atom. The monoisotopic (exact) mass is 431 g/mol. The Bertz CT molecular complexity index is 997. The summed E-state index contributed by atoms with van der Waals surface area (Å²) in [5, 5.41) is 0.907. The van der Waals surface area contributed by atoms with Gasteiger partial charge in [0.25, 0.3) is 5.91 Å². The van der Waals surface area contributed by atoms with E-state index in [4.69, 9.17) is 28.2 Å². The minimum atomic E-state index is -0.125. The summed E-state index contributed by atoms with van der Waals surface area (Å²) in [5.41, 5.74) is 2.49. The van der Waals surface area contributed by atoms with Crippen molar-refractivity contribution >= 4 is 40.1 Å². The zero-order valence-electron chi connectivity index (χ0n) is 17.2. The van der Waals surface area contributed by atoms with Crippen molar-refractivity contribution in [2.45, 2.75) is 46.7 Å². The number of carbonyl (C=O) groups excluding carboxylic acids is 1. The van der Waals surface area contributed by atoms with Crippen molar-refractivity contribution in [1.29, 1.82) is 0 Å². The van der Waals surface area contributed by atoms with E-state index in [1.165, 1.54) is 0 Å². The Labute approximate surface area is 182 Å². The van der Waals surface area contributed by atoms with Gasteiger partial charge in [-0.1, -0.05) is 62.5 Å². The van der Waals surface area contributed by atoms with Crippen LogP contribution in [0.3, 0.4) is 0 Å². The molecule has 0 atom stereocenters. The number of hydrogen-bond acceptors (Lipinski definition) is 2. The van der Waals surface area contributed by atoms with Crippen LogP contribution < -0.4 is 0 Å². The number of aryl methyl sites for hydroxylation is 1. The molecule has 1 heterocycles. The number of aromatic nitrogens is 2. The Morgan fingerprint density at radius 3 is 2.66 bits per heavy atom. The topological polar surface area (TPSA) is 38.1 Å². The Balaban J connectivity index is 1.98. The Kier molecular flexibility index (Phi) is 7.20. The zero-order valence-corrected chi connectivity index (χ0v) is 18.7. The van der Waals surface area contributed by atoms with Crippen LogP contribution >= 0.6 is 23.2 Å². The van der Waals surface area contributed by atoms with E-state index in [9.17, 15) is 4.79 Å². The highest BCUT2D eigenvalue weighted by Crippen LogP contribution is 2.24. The number of rotatable bonds is 8. The first-order chi connectivity index (χ1) is 13.9. The first-order valence-electron chi connectivity index (χ1n) is 10.1. The molecule has 0 aliphatic carbocycles. The molecule has 0 saturated heterocycles. The minimum absolute atomic E-state index is 0.125. The van der Waals surface area contributed by atoms with Crippen LogP contribution in [0.5, 0.6) is 0 Å². The maximum absolute atomic E-state index is 13.3. The van der Waals surface area contributed by atoms with Crippen molar-refractivity contribution in [3.63, 3.8) is 0 Å². The lowest BCUT2D eigenvalue weighted by molar-refractivity contribution is 0.0716. The minimum Gasteiger partial charge on any atom is -0.331 e. The number of fused-ring (bicyclic) bond motifs is 1. The van der Waals surface area contributed by atoms with Crippen molar-refractivity contribution in [3.8, 4) is 0 Å². The summed E-state index contributed by atoms with van der Waals surface area (Å²) in [6, 6.07) is 13.1. The van der Waals surface area contributed by atoms with Crippen LogP contribution in [0.1, 0.15) is 49.8 Å². The van der Waals surface area contributed by atoms with Gasteiger partial charge in [-0.15, -0.1) is 0 Å². The molecule has 0 radical (unpaired) electrons. The lowest BCUT2D eigenvalue weighted by Gasteiger charge is -2.25. The summed E-state index contributed by atoms with van der Waals surface area (Å²) in [6.45, 7) is 8.29. The predicted octanol–water partition coefficient (Wildman–Crippen LogP) is 6.44. The lowest BCUT2D eigenvalue weighted by Crippen LogP contribution is -2.35. The van der Waals surface area contributed by atoms with Gasteiger partial charge in [0.1, 0.15) is 5.82 Å². The summed E-state index contributed by atoms with van der Waals surface area (Å²) in [5.74, 6) is 1.08. The van der Waals surface area contributed by atoms with Gasteiger partial charge in [0.15, 0.2) is 0 Å². The lowest BCUT2D eigenvalue weighted by atomic mass is 10.1. The number of para-hydroxylation sites is 2. The van der Waals surface area contributed by atoms with Crippen molar-refractivity contribution in [3.05, 3.63) is 63.9 Å². The molecule has 0 bridgehead atoms. The highest BCUT2D eigenvalue weighted by molar-refractivity contribution is 6.35. The van der Waals surface area contributed by atoms with Crippen molar-refractivity contribution in [2.75, 3.05) is 6.54 Å². The van der Waals surface area contributed by atoms with Crippen LogP contribution in [-0.4, -0.2) is 26.9 Å². The molecule has 3 rings (SSSR count). The van der Waals surface area contributed by atoms with Crippen molar-refractivity contribution < 1.29 is 4.79 Å². The molecule has 0 saturated carbocycles. The van der Waals surface area contributed by atoms with Crippen molar-refractivity contribution in [1.82, 2.24) is 14.5 Å². The number of halogens is 2. The second kappa shape index (κ2) is 9.64. The maximum atomic E-state index is 13.3. The number of carbonyl (C=O) groups is 1. The van der Waals surface area contributed by atoms with Gasteiger partial charge in [0.2, 0.25) is 0 Å². The van der Waals surface area contributed by atoms with Crippen molar-refractivity contribution in [2.24, 2.45) is 5.92 Å². The molecule has 0 unspecified atom stereocenters. The van der Waals surface area contributed by atoms with E-state index in [-0.39, 0.29) is 5.91 Å². The van der Waals surface area contributed by atoms with Gasteiger partial charge >= 0.3 is 0 Å². The van der Waals surface area contributed by atoms with Gasteiger partial charge < -0.3 is 9.47 Å². The number of benzene rings is 2. The Morgan fingerprint density at radius 2 is 1.93 bits per heavy atom. The van der Waals surface area contributed by atoms with Crippen LogP contribution in [0.4, 0.5) is 0 Å². The molecule has 0 aliphatic heterocycles. The molecule has 1 amide bonds. The van der Waals surface area contributed by atoms with E-state index in [2.05, 4.69) is 31.4 Å². The fraction of sp³-hybridized carbons (Fsp3) is 0.391. The molecule has 29 heavy (non-hydrogen) atoms. The van der Waals surface area contributed by atoms with E-state index < -0.39 is 0 Å². The average Bonchev–Trinajstić information content (AvgIpc) is 3.04. The molecule has 4 nitrogen and oxygen atoms in total. The van der Waals surface area contributed by atoms with E-state index in [1.54, 1.807) is 18.2 Å². The summed E-state index contributed by atoms with van der Waals surface area (Å²) >= 11 is 12.4. The van der Waals surface area contributed by atoms with Crippen LogP contribution in [0.2, 0.25) is 10.0 Å². The molecule has 6 heteroatoms. The second-order valence-electron chi connectivity index (χ2n) is 7.73. The molecule has 1 aromatic heterocycles. The van der Waals surface area contributed by atoms with E-state index in [1.807, 2.05) is 23.1 Å². The smallest absolute Gasteiger partial charge is 0.255 e. The average molecular weight is 432 g/mol. The van der Waals surface area contributed by atoms with Gasteiger partial charge in [-0.3, -0.25) is 4.79 Å². The fourth-order valence-corrected chi connectivity index (χ4v) is 3.84. The number of imidazole rings is 1. The van der Waals surface area contributed by atoms with E-state index >= 15 is 0 Å². The third-order valence-electron chi connectivity index (χ3n) is 4.83. The molecule has 154 valence electrons. The predicted molar refractivity (Wildman–Crippen MR) is 121 cm³/mol. The summed E-state index contributed by atoms with van der Waals surface area (Å²) in [4.78, 5) is 20.0. The maximum Gasteiger partial charge on any atom is 0.255 e. The quantitative estimate of drug-likeness (QED) is 0.411. The zero-order chi connectivity index (χ0) is 21.0. The molecule has 3 aromatic rings. The number of unbranched alkanes of at least 4 members (excludes halogenated alkanes) is 1. The summed E-state index contributed by atoms with van der Waals surface area (Å²) < 4.78 is 2.24. The van der Waals surface area contributed by atoms with Crippen LogP contribution in [0, 0.1) is 5.92 Å². The molecule has 2 aromatic carbocycles. The van der Waals surface area contributed by atoms with Crippen LogP contribution in [-0.2, 0) is 13.1 Å². The number of amides is 1. The van der Waals surface area contributed by atoms with E-state index in [0.717, 1.165) is 36.2 Å². The summed E-state index contributed by atoms with van der Waals surface area (Å²) in [6.07, 6.45) is 2.16. The third-order valence-corrected chi connectivity index (χ3v) is 5.40. The molecular formula is C23H27Cl2N3O. The SMILES string of the molecule is CCCCn1c(CN(CC(C)C)C(=O)c2cc(Cl)ccc2Cl)nc2ccccc21. The summed E-state index contributed by atoms with van der Waals surface area (Å²) in [7, 11) is 0. The second-order valence-corrected chi connectivity index (χ2v) is 8.57. The molecule has 0 aliphatic rings. The van der Waals surface area contributed by atoms with Gasteiger partial charge in [0, 0.05) is 18.1 Å². The molecule has 0 N–H and O–H groups in total. The molecular weight excluding hydrogens is 405 g/mol. The first kappa shape index (κ1) is 21.7. The largest absolute Gasteiger partial charge is 0.331 e. The fourth-order valence-electron chi connectivity index (χ4n) is 3.47.